The fourth-order valence-corrected chi connectivity index (χ4v) is 3.85. The molecular formula is C17H20F3N2O5PS. The second kappa shape index (κ2) is 9.51. The Bertz CT molecular complexity index is 839. The Labute approximate surface area is 168 Å². The van der Waals surface area contributed by atoms with Crippen LogP contribution in [0.5, 0.6) is 11.5 Å². The molecule has 0 amide bonds. The lowest BCUT2D eigenvalue weighted by Crippen LogP contribution is -2.21. The van der Waals surface area contributed by atoms with E-state index in [4.69, 9.17) is 22.4 Å². The molecule has 0 saturated carbocycles. The van der Waals surface area contributed by atoms with Crippen molar-refractivity contribution in [1.29, 1.82) is 0 Å². The lowest BCUT2D eigenvalue weighted by molar-refractivity contribution is -0.0517. The fourth-order valence-electron chi connectivity index (χ4n) is 2.44. The summed E-state index contributed by atoms with van der Waals surface area (Å²) >= 11 is 0. The molecule has 0 spiro atoms. The highest BCUT2D eigenvalue weighted by atomic mass is 32.2. The van der Waals surface area contributed by atoms with Gasteiger partial charge in [-0.1, -0.05) is 0 Å². The summed E-state index contributed by atoms with van der Waals surface area (Å²) in [4.78, 5) is 0. The van der Waals surface area contributed by atoms with E-state index >= 15 is 0 Å². The van der Waals surface area contributed by atoms with Gasteiger partial charge < -0.3 is 14.0 Å². The van der Waals surface area contributed by atoms with Crippen LogP contribution in [0.25, 0.3) is 0 Å². The van der Waals surface area contributed by atoms with Crippen molar-refractivity contribution in [3.05, 3.63) is 48.5 Å². The molecule has 1 fully saturated rings. The number of hydrogen-bond acceptors (Lipinski definition) is 7. The van der Waals surface area contributed by atoms with Gasteiger partial charge in [0.1, 0.15) is 11.5 Å². The van der Waals surface area contributed by atoms with Crippen LogP contribution in [0, 0.1) is 0 Å². The highest BCUT2D eigenvalue weighted by Crippen LogP contribution is 2.39. The van der Waals surface area contributed by atoms with Crippen LogP contribution in [-0.2, 0) is 10.1 Å². The summed E-state index contributed by atoms with van der Waals surface area (Å²) in [6, 6.07) is 16.6. The van der Waals surface area contributed by atoms with Crippen molar-refractivity contribution in [3.63, 3.8) is 0 Å². The zero-order valence-electron chi connectivity index (χ0n) is 15.6. The van der Waals surface area contributed by atoms with E-state index in [0.29, 0.717) is 0 Å². The van der Waals surface area contributed by atoms with E-state index in [-0.39, 0.29) is 8.88 Å². The van der Waals surface area contributed by atoms with Gasteiger partial charge in [-0.3, -0.25) is 0 Å². The molecule has 3 rings (SSSR count). The minimum Gasteiger partial charge on any atom is -0.741 e. The van der Waals surface area contributed by atoms with Crippen LogP contribution in [0.3, 0.4) is 0 Å². The first-order chi connectivity index (χ1) is 13.5. The van der Waals surface area contributed by atoms with Gasteiger partial charge in [-0.15, -0.1) is 0 Å². The molecule has 0 aromatic heterocycles. The normalized spacial score (nSPS) is 14.3. The maximum Gasteiger partial charge on any atom is 0.485 e. The van der Waals surface area contributed by atoms with E-state index in [1.165, 1.54) is 11.4 Å². The molecule has 1 saturated heterocycles. The number of halogens is 3. The molecule has 2 aromatic carbocycles. The molecule has 0 radical (unpaired) electrons. The van der Waals surface area contributed by atoms with Crippen molar-refractivity contribution < 1.29 is 35.6 Å². The minimum atomic E-state index is -6.09. The van der Waals surface area contributed by atoms with E-state index < -0.39 is 15.6 Å². The zero-order chi connectivity index (χ0) is 21.7. The van der Waals surface area contributed by atoms with Crippen molar-refractivity contribution in [2.75, 3.05) is 36.6 Å². The number of rotatable bonds is 4. The Morgan fingerprint density at radius 2 is 1.17 bits per heavy atom. The predicted molar refractivity (Wildman–Crippen MR) is 106 cm³/mol. The molecule has 12 heteroatoms. The number of benzene rings is 2. The molecule has 0 unspecified atom stereocenters. The van der Waals surface area contributed by atoms with Gasteiger partial charge in [0.05, 0.1) is 38.7 Å². The lowest BCUT2D eigenvalue weighted by Gasteiger charge is -2.14. The topological polar surface area (TPSA) is 82.1 Å². The standard InChI is InChI=1S/C16H19N2O2P.CHF3O3S/c1-19-15-7-3-13(4-8-15)17-11-12-18(21-17)14-5-9-16(20-2)10-6-14;2-1(3,4)8(5,6)7/h3-10,21H,11-12H2,1-2H3;(H,5,6,7). The molecule has 0 aliphatic carbocycles. The maximum atomic E-state index is 10.7. The summed E-state index contributed by atoms with van der Waals surface area (Å²) in [7, 11) is -2.62. The van der Waals surface area contributed by atoms with Crippen molar-refractivity contribution >= 4 is 30.4 Å². The van der Waals surface area contributed by atoms with Gasteiger partial charge in [-0.05, 0) is 48.5 Å². The fraction of sp³-hybridized carbons (Fsp3) is 0.294. The molecule has 2 aromatic rings. The van der Waals surface area contributed by atoms with E-state index in [1.807, 2.05) is 24.3 Å². The van der Waals surface area contributed by atoms with Gasteiger partial charge >= 0.3 is 5.51 Å². The van der Waals surface area contributed by atoms with Crippen LogP contribution in [0.1, 0.15) is 0 Å². The highest BCUT2D eigenvalue weighted by Gasteiger charge is 2.36. The Morgan fingerprint density at radius 1 is 0.862 bits per heavy atom. The van der Waals surface area contributed by atoms with E-state index in [9.17, 15) is 13.2 Å². The number of anilines is 2. The maximum absolute atomic E-state index is 10.7. The largest absolute Gasteiger partial charge is 0.741 e. The third kappa shape index (κ3) is 6.38. The van der Waals surface area contributed by atoms with Gasteiger partial charge in [0.2, 0.25) is 0 Å². The smallest absolute Gasteiger partial charge is 0.485 e. The van der Waals surface area contributed by atoms with Gasteiger partial charge in [0.15, 0.2) is 19.0 Å². The number of nitrogens with zero attached hydrogens (tertiary/aromatic N) is 2. The van der Waals surface area contributed by atoms with Gasteiger partial charge in [-0.25, -0.2) is 17.8 Å². The lowest BCUT2D eigenvalue weighted by atomic mass is 10.3. The summed E-state index contributed by atoms with van der Waals surface area (Å²) in [6.45, 7) is 2.13. The Kier molecular flexibility index (Phi) is 7.56. The molecule has 160 valence electrons. The molecule has 0 bridgehead atoms. The average molecular weight is 452 g/mol. The highest BCUT2D eigenvalue weighted by molar-refractivity contribution is 7.86. The predicted octanol–water partition coefficient (Wildman–Crippen LogP) is 3.32. The first kappa shape index (κ1) is 23.1. The van der Waals surface area contributed by atoms with Gasteiger partial charge in [0.25, 0.3) is 0 Å². The third-order valence-electron chi connectivity index (χ3n) is 3.95. The summed E-state index contributed by atoms with van der Waals surface area (Å²) in [6.07, 6.45) is 0. The van der Waals surface area contributed by atoms with Crippen molar-refractivity contribution in [3.8, 4) is 11.5 Å². The molecule has 0 atom stereocenters. The second-order valence-electron chi connectivity index (χ2n) is 5.80. The quantitative estimate of drug-likeness (QED) is 0.400. The molecule has 1 aliphatic rings. The molecule has 7 nitrogen and oxygen atoms in total. The molecular weight excluding hydrogens is 432 g/mol. The van der Waals surface area contributed by atoms with Crippen LogP contribution in [0.4, 0.5) is 24.5 Å². The number of alkyl halides is 3. The van der Waals surface area contributed by atoms with E-state index in [2.05, 4.69) is 33.6 Å². The summed E-state index contributed by atoms with van der Waals surface area (Å²) in [5, 5.41) is 0. The number of methoxy groups -OCH3 is 2. The Morgan fingerprint density at radius 3 is 1.41 bits per heavy atom. The van der Waals surface area contributed by atoms with Crippen LogP contribution in [0.2, 0.25) is 0 Å². The Balaban J connectivity index is 0.000000321. The molecule has 29 heavy (non-hydrogen) atoms. The van der Waals surface area contributed by atoms with Crippen molar-refractivity contribution in [2.24, 2.45) is 0 Å². The van der Waals surface area contributed by atoms with Crippen LogP contribution in [-0.4, -0.2) is 45.8 Å². The molecule has 1 aliphatic heterocycles. The summed E-state index contributed by atoms with van der Waals surface area (Å²) < 4.78 is 74.2. The van der Waals surface area contributed by atoms with E-state index in [0.717, 1.165) is 24.6 Å². The first-order valence-electron chi connectivity index (χ1n) is 8.23. The SMILES string of the molecule is COc1ccc(N2CCN(c3ccc(OC)cc3)[PH2+]2)cc1.O=S(=O)([O-])C(F)(F)F. The zero-order valence-corrected chi connectivity index (χ0v) is 17.6. The number of hydrogen-bond donors (Lipinski definition) is 0. The first-order valence-corrected chi connectivity index (χ1v) is 10.7. The number of ether oxygens (including phenoxy) is 2. The third-order valence-corrected chi connectivity index (χ3v) is 6.19. The Hall–Kier alpha value is -2.23. The van der Waals surface area contributed by atoms with Crippen LogP contribution < -0.4 is 18.8 Å². The van der Waals surface area contributed by atoms with Gasteiger partial charge in [0, 0.05) is 0 Å². The van der Waals surface area contributed by atoms with Crippen LogP contribution >= 0.6 is 8.88 Å². The van der Waals surface area contributed by atoms with Crippen molar-refractivity contribution in [1.82, 2.24) is 0 Å². The van der Waals surface area contributed by atoms with Crippen LogP contribution in [0.15, 0.2) is 48.5 Å². The molecule has 0 N–H and O–H groups in total. The monoisotopic (exact) mass is 452 g/mol. The average Bonchev–Trinajstić information content (AvgIpc) is 3.17. The summed E-state index contributed by atoms with van der Waals surface area (Å²) in [5.74, 6) is 1.81. The van der Waals surface area contributed by atoms with E-state index in [1.54, 1.807) is 14.2 Å². The van der Waals surface area contributed by atoms with Crippen molar-refractivity contribution in [2.45, 2.75) is 5.51 Å². The van der Waals surface area contributed by atoms with Gasteiger partial charge in [-0.2, -0.15) is 13.2 Å². The summed E-state index contributed by atoms with van der Waals surface area (Å²) in [5.41, 5.74) is -3.11. The molecule has 1 heterocycles. The minimum absolute atomic E-state index is 0.0741. The second-order valence-corrected chi connectivity index (χ2v) is 8.65.